The Hall–Kier alpha value is -1.35. The molecule has 2 nitrogen and oxygen atoms in total. The van der Waals surface area contributed by atoms with Crippen molar-refractivity contribution in [2.75, 3.05) is 5.88 Å². The third-order valence-corrected chi connectivity index (χ3v) is 2.39. The van der Waals surface area contributed by atoms with E-state index >= 15 is 0 Å². The smallest absolute Gasteiger partial charge is 0.212 e. The van der Waals surface area contributed by atoms with E-state index in [1.54, 1.807) is 6.08 Å². The number of hydrogen-bond donors (Lipinski definition) is 0. The van der Waals surface area contributed by atoms with Gasteiger partial charge in [0, 0.05) is 5.56 Å². The Morgan fingerprint density at radius 2 is 2.33 bits per heavy atom. The van der Waals surface area contributed by atoms with Crippen molar-refractivity contribution in [3.8, 4) is 5.75 Å². The van der Waals surface area contributed by atoms with E-state index in [1.807, 2.05) is 0 Å². The molecule has 1 heterocycles. The third-order valence-electron chi connectivity index (χ3n) is 2.15. The van der Waals surface area contributed by atoms with Crippen molar-refractivity contribution in [1.82, 2.24) is 0 Å². The number of halogens is 2. The molecule has 1 aromatic rings. The van der Waals surface area contributed by atoms with E-state index in [9.17, 15) is 9.18 Å². The predicted molar refractivity (Wildman–Crippen MR) is 54.5 cm³/mol. The van der Waals surface area contributed by atoms with Crippen molar-refractivity contribution in [1.29, 1.82) is 0 Å². The Kier molecular flexibility index (Phi) is 2.73. The lowest BCUT2D eigenvalue weighted by molar-refractivity contribution is -0.115. The number of carbonyl (C=O) groups excluding carboxylic acids is 1. The average molecular weight is 227 g/mol. The molecule has 1 aromatic carbocycles. The van der Waals surface area contributed by atoms with Crippen LogP contribution in [0.5, 0.6) is 5.75 Å². The normalized spacial score (nSPS) is 13.9. The van der Waals surface area contributed by atoms with Gasteiger partial charge in [-0.05, 0) is 30.7 Å². The van der Waals surface area contributed by atoms with E-state index in [4.69, 9.17) is 16.3 Å². The number of allylic oxidation sites excluding steroid dienone is 2. The molecule has 0 fully saturated rings. The lowest BCUT2D eigenvalue weighted by Crippen LogP contribution is -2.14. The van der Waals surface area contributed by atoms with E-state index in [1.165, 1.54) is 18.2 Å². The first-order valence-electron chi connectivity index (χ1n) is 4.46. The second-order valence-corrected chi connectivity index (χ2v) is 3.45. The van der Waals surface area contributed by atoms with Crippen molar-refractivity contribution >= 4 is 17.4 Å². The maximum atomic E-state index is 12.9. The van der Waals surface area contributed by atoms with Crippen molar-refractivity contribution < 1.29 is 13.9 Å². The van der Waals surface area contributed by atoms with E-state index in [0.29, 0.717) is 12.2 Å². The van der Waals surface area contributed by atoms with Crippen LogP contribution in [0.4, 0.5) is 4.39 Å². The molecular formula is C11H8ClFO2. The van der Waals surface area contributed by atoms with E-state index in [-0.39, 0.29) is 23.2 Å². The standard InChI is InChI=1S/C11H8ClFO2/c12-6-9(14)11-3-1-7-5-8(13)2-4-10(7)15-11/h2-5H,1,6H2. The first-order chi connectivity index (χ1) is 7.20. The van der Waals surface area contributed by atoms with Crippen LogP contribution in [0.2, 0.25) is 0 Å². The molecule has 0 bridgehead atoms. The largest absolute Gasteiger partial charge is 0.454 e. The number of carbonyl (C=O) groups is 1. The molecule has 0 saturated carbocycles. The summed E-state index contributed by atoms with van der Waals surface area (Å²) in [5, 5.41) is 0. The van der Waals surface area contributed by atoms with Gasteiger partial charge in [-0.2, -0.15) is 0 Å². The van der Waals surface area contributed by atoms with Crippen LogP contribution in [0.15, 0.2) is 30.0 Å². The number of ketones is 1. The minimum Gasteiger partial charge on any atom is -0.454 e. The molecule has 0 amide bonds. The first-order valence-corrected chi connectivity index (χ1v) is 5.00. The highest BCUT2D eigenvalue weighted by Crippen LogP contribution is 2.27. The van der Waals surface area contributed by atoms with Gasteiger partial charge in [-0.1, -0.05) is 0 Å². The van der Waals surface area contributed by atoms with Gasteiger partial charge < -0.3 is 4.74 Å². The Morgan fingerprint density at radius 3 is 3.07 bits per heavy atom. The second-order valence-electron chi connectivity index (χ2n) is 3.18. The zero-order chi connectivity index (χ0) is 10.8. The lowest BCUT2D eigenvalue weighted by Gasteiger charge is -2.16. The van der Waals surface area contributed by atoms with Gasteiger partial charge in [0.1, 0.15) is 11.6 Å². The Bertz CT molecular complexity index is 440. The Morgan fingerprint density at radius 1 is 1.53 bits per heavy atom. The average Bonchev–Trinajstić information content (AvgIpc) is 2.27. The summed E-state index contributed by atoms with van der Waals surface area (Å²) in [4.78, 5) is 11.2. The van der Waals surface area contributed by atoms with Crippen LogP contribution >= 0.6 is 11.6 Å². The lowest BCUT2D eigenvalue weighted by atomic mass is 10.1. The van der Waals surface area contributed by atoms with Crippen LogP contribution in [0, 0.1) is 5.82 Å². The van der Waals surface area contributed by atoms with Crippen LogP contribution in [0.1, 0.15) is 5.56 Å². The molecule has 0 aliphatic carbocycles. The Labute approximate surface area is 91.3 Å². The minimum absolute atomic E-state index is 0.109. The minimum atomic E-state index is -0.308. The molecule has 0 radical (unpaired) electrons. The summed E-state index contributed by atoms with van der Waals surface area (Å²) in [5.41, 5.74) is 0.737. The number of Topliss-reactive ketones (excluding diaryl/α,β-unsaturated/α-hetero) is 1. The van der Waals surface area contributed by atoms with Crippen LogP contribution < -0.4 is 4.74 Å². The van der Waals surface area contributed by atoms with Crippen molar-refractivity contribution in [2.24, 2.45) is 0 Å². The Balaban J connectivity index is 2.27. The highest BCUT2D eigenvalue weighted by molar-refractivity contribution is 6.30. The number of alkyl halides is 1. The maximum Gasteiger partial charge on any atom is 0.212 e. The van der Waals surface area contributed by atoms with Crippen LogP contribution in [0.25, 0.3) is 0 Å². The van der Waals surface area contributed by atoms with Gasteiger partial charge in [0.2, 0.25) is 5.78 Å². The van der Waals surface area contributed by atoms with Crippen LogP contribution in [0.3, 0.4) is 0 Å². The zero-order valence-corrected chi connectivity index (χ0v) is 8.55. The molecule has 0 spiro atoms. The maximum absolute atomic E-state index is 12.9. The van der Waals surface area contributed by atoms with E-state index < -0.39 is 0 Å². The zero-order valence-electron chi connectivity index (χ0n) is 7.80. The molecule has 1 aliphatic rings. The molecule has 0 N–H and O–H groups in total. The summed E-state index contributed by atoms with van der Waals surface area (Å²) in [5.74, 6) is 0.0866. The topological polar surface area (TPSA) is 26.3 Å². The van der Waals surface area contributed by atoms with Gasteiger partial charge in [-0.3, -0.25) is 4.79 Å². The highest BCUT2D eigenvalue weighted by atomic mass is 35.5. The van der Waals surface area contributed by atoms with Gasteiger partial charge in [0.15, 0.2) is 5.76 Å². The second kappa shape index (κ2) is 4.03. The fourth-order valence-electron chi connectivity index (χ4n) is 1.41. The molecule has 1 aliphatic heterocycles. The van der Waals surface area contributed by atoms with Crippen LogP contribution in [-0.2, 0) is 11.2 Å². The van der Waals surface area contributed by atoms with Crippen LogP contribution in [-0.4, -0.2) is 11.7 Å². The van der Waals surface area contributed by atoms with Gasteiger partial charge in [0.25, 0.3) is 0 Å². The number of fused-ring (bicyclic) bond motifs is 1. The summed E-state index contributed by atoms with van der Waals surface area (Å²) < 4.78 is 18.2. The fraction of sp³-hybridized carbons (Fsp3) is 0.182. The van der Waals surface area contributed by atoms with Crippen molar-refractivity contribution in [3.63, 3.8) is 0 Å². The summed E-state index contributed by atoms with van der Waals surface area (Å²) >= 11 is 5.41. The number of rotatable bonds is 2. The molecule has 4 heteroatoms. The molecule has 78 valence electrons. The third kappa shape index (κ3) is 2.02. The van der Waals surface area contributed by atoms with Gasteiger partial charge in [-0.15, -0.1) is 11.6 Å². The molecule has 0 unspecified atom stereocenters. The molecule has 0 aromatic heterocycles. The van der Waals surface area contributed by atoms with Gasteiger partial charge in [0.05, 0.1) is 5.88 Å². The summed E-state index contributed by atoms with van der Waals surface area (Å²) in [6.45, 7) is 0. The van der Waals surface area contributed by atoms with E-state index in [2.05, 4.69) is 0 Å². The molecule has 15 heavy (non-hydrogen) atoms. The summed E-state index contributed by atoms with van der Waals surface area (Å²) in [6.07, 6.45) is 2.11. The summed E-state index contributed by atoms with van der Waals surface area (Å²) in [6, 6.07) is 4.21. The van der Waals surface area contributed by atoms with Gasteiger partial charge in [-0.25, -0.2) is 4.39 Å². The molecule has 0 saturated heterocycles. The predicted octanol–water partition coefficient (Wildman–Crippen LogP) is 2.45. The number of hydrogen-bond acceptors (Lipinski definition) is 2. The van der Waals surface area contributed by atoms with Gasteiger partial charge >= 0.3 is 0 Å². The van der Waals surface area contributed by atoms with Crippen molar-refractivity contribution in [3.05, 3.63) is 41.4 Å². The first kappa shape index (κ1) is 10.2. The molecule has 0 atom stereocenters. The quantitative estimate of drug-likeness (QED) is 0.724. The SMILES string of the molecule is O=C(CCl)C1=CCc2cc(F)ccc2O1. The summed E-state index contributed by atoms with van der Waals surface area (Å²) in [7, 11) is 0. The monoisotopic (exact) mass is 226 g/mol. The number of ether oxygens (including phenoxy) is 1. The number of benzene rings is 1. The molecular weight excluding hydrogens is 219 g/mol. The fourth-order valence-corrected chi connectivity index (χ4v) is 1.54. The van der Waals surface area contributed by atoms with E-state index in [0.717, 1.165) is 5.56 Å². The van der Waals surface area contributed by atoms with Crippen molar-refractivity contribution in [2.45, 2.75) is 6.42 Å². The molecule has 2 rings (SSSR count). The highest BCUT2D eigenvalue weighted by Gasteiger charge is 2.17.